The molecule has 2 nitrogen and oxygen atoms in total. The van der Waals surface area contributed by atoms with E-state index in [9.17, 15) is 8.78 Å². The summed E-state index contributed by atoms with van der Waals surface area (Å²) < 4.78 is 29.5. The summed E-state index contributed by atoms with van der Waals surface area (Å²) in [7, 11) is 0. The van der Waals surface area contributed by atoms with Gasteiger partial charge in [-0.2, -0.15) is 0 Å². The lowest BCUT2D eigenvalue weighted by atomic mass is 10.1. The molecule has 0 radical (unpaired) electrons. The summed E-state index contributed by atoms with van der Waals surface area (Å²) in [6.45, 7) is 3.63. The third-order valence-electron chi connectivity index (χ3n) is 3.75. The third kappa shape index (κ3) is 2.38. The summed E-state index contributed by atoms with van der Waals surface area (Å²) in [6, 6.07) is 9.38. The highest BCUT2D eigenvalue weighted by Crippen LogP contribution is 2.26. The molecule has 0 saturated carbocycles. The Kier molecular flexibility index (Phi) is 3.37. The molecule has 0 fully saturated rings. The molecule has 0 aliphatic carbocycles. The Balaban J connectivity index is 2.19. The van der Waals surface area contributed by atoms with E-state index in [2.05, 4.69) is 4.98 Å². The van der Waals surface area contributed by atoms with Gasteiger partial charge in [-0.05, 0) is 61.5 Å². The normalized spacial score (nSPS) is 12.8. The van der Waals surface area contributed by atoms with Crippen LogP contribution < -0.4 is 0 Å². The molecule has 108 valence electrons. The van der Waals surface area contributed by atoms with Crippen LogP contribution in [-0.2, 0) is 0 Å². The van der Waals surface area contributed by atoms with Gasteiger partial charge in [0.15, 0.2) is 4.77 Å². The van der Waals surface area contributed by atoms with Crippen LogP contribution in [0, 0.1) is 23.3 Å². The quantitative estimate of drug-likeness (QED) is 0.668. The number of aryl methyl sites for hydroxylation is 1. The maximum Gasteiger partial charge on any atom is 0.178 e. The molecule has 3 aromatic rings. The molecule has 1 unspecified atom stereocenters. The number of rotatable bonds is 2. The molecule has 1 atom stereocenters. The van der Waals surface area contributed by atoms with Crippen LogP contribution in [-0.4, -0.2) is 9.55 Å². The van der Waals surface area contributed by atoms with Crippen LogP contribution in [0.25, 0.3) is 11.0 Å². The van der Waals surface area contributed by atoms with Crippen LogP contribution >= 0.6 is 12.2 Å². The van der Waals surface area contributed by atoms with Crippen LogP contribution in [0.3, 0.4) is 0 Å². The van der Waals surface area contributed by atoms with Crippen LogP contribution in [0.4, 0.5) is 8.78 Å². The molecule has 0 aliphatic heterocycles. The van der Waals surface area contributed by atoms with E-state index in [1.165, 1.54) is 18.2 Å². The second-order valence-electron chi connectivity index (χ2n) is 5.15. The van der Waals surface area contributed by atoms with E-state index in [0.29, 0.717) is 15.9 Å². The number of hydrogen-bond donors (Lipinski definition) is 1. The summed E-state index contributed by atoms with van der Waals surface area (Å²) in [6.07, 6.45) is 0. The molecule has 2 aromatic carbocycles. The summed E-state index contributed by atoms with van der Waals surface area (Å²) in [5.41, 5.74) is 2.83. The number of hydrogen-bond acceptors (Lipinski definition) is 1. The van der Waals surface area contributed by atoms with Crippen molar-refractivity contribution in [3.05, 3.63) is 63.9 Å². The number of nitrogens with zero attached hydrogens (tertiary/aromatic N) is 1. The van der Waals surface area contributed by atoms with Crippen molar-refractivity contribution in [2.24, 2.45) is 0 Å². The minimum Gasteiger partial charge on any atom is -0.331 e. The van der Waals surface area contributed by atoms with Crippen LogP contribution in [0.1, 0.15) is 24.1 Å². The Bertz CT molecular complexity index is 880. The maximum absolute atomic E-state index is 13.8. The van der Waals surface area contributed by atoms with E-state index in [0.717, 1.165) is 11.1 Å². The van der Waals surface area contributed by atoms with Gasteiger partial charge in [-0.25, -0.2) is 8.78 Å². The summed E-state index contributed by atoms with van der Waals surface area (Å²) in [4.78, 5) is 3.05. The van der Waals surface area contributed by atoms with Crippen LogP contribution in [0.15, 0.2) is 36.4 Å². The van der Waals surface area contributed by atoms with E-state index < -0.39 is 0 Å². The van der Waals surface area contributed by atoms with E-state index in [1.54, 1.807) is 23.6 Å². The zero-order valence-electron chi connectivity index (χ0n) is 11.7. The minimum absolute atomic E-state index is 0.192. The van der Waals surface area contributed by atoms with Gasteiger partial charge in [0.2, 0.25) is 0 Å². The van der Waals surface area contributed by atoms with E-state index in [1.807, 2.05) is 13.0 Å². The van der Waals surface area contributed by atoms with Crippen molar-refractivity contribution in [3.63, 3.8) is 0 Å². The number of halogens is 2. The van der Waals surface area contributed by atoms with Gasteiger partial charge >= 0.3 is 0 Å². The Labute approximate surface area is 126 Å². The van der Waals surface area contributed by atoms with Gasteiger partial charge in [-0.1, -0.05) is 12.1 Å². The van der Waals surface area contributed by atoms with Gasteiger partial charge in [-0.15, -0.1) is 0 Å². The fourth-order valence-electron chi connectivity index (χ4n) is 2.50. The predicted octanol–water partition coefficient (Wildman–Crippen LogP) is 4.89. The SMILES string of the molecule is Cc1ccc(C(C)n2c(=S)[nH]c3ccc(F)cc32)cc1F. The first kappa shape index (κ1) is 13.9. The third-order valence-corrected chi connectivity index (χ3v) is 4.04. The lowest BCUT2D eigenvalue weighted by molar-refractivity contribution is 0.599. The van der Waals surface area contributed by atoms with Gasteiger partial charge in [0.25, 0.3) is 0 Å². The van der Waals surface area contributed by atoms with Crippen molar-refractivity contribution in [1.82, 2.24) is 9.55 Å². The van der Waals surface area contributed by atoms with Crippen molar-refractivity contribution < 1.29 is 8.78 Å². The standard InChI is InChI=1S/C16H14F2N2S/c1-9-3-4-11(7-13(9)18)10(2)20-15-8-12(17)5-6-14(15)19-16(20)21/h3-8,10H,1-2H3,(H,19,21). The van der Waals surface area contributed by atoms with Gasteiger partial charge in [0, 0.05) is 0 Å². The lowest BCUT2D eigenvalue weighted by Gasteiger charge is -2.16. The zero-order valence-corrected chi connectivity index (χ0v) is 12.5. The van der Waals surface area contributed by atoms with Crippen molar-refractivity contribution >= 4 is 23.3 Å². The molecule has 1 heterocycles. The highest BCUT2D eigenvalue weighted by molar-refractivity contribution is 7.71. The highest BCUT2D eigenvalue weighted by atomic mass is 32.1. The lowest BCUT2D eigenvalue weighted by Crippen LogP contribution is -2.07. The number of nitrogens with one attached hydrogen (secondary N) is 1. The molecule has 3 rings (SSSR count). The summed E-state index contributed by atoms with van der Waals surface area (Å²) in [5, 5.41) is 0. The fourth-order valence-corrected chi connectivity index (χ4v) is 2.86. The molecule has 21 heavy (non-hydrogen) atoms. The molecular weight excluding hydrogens is 290 g/mol. The smallest absolute Gasteiger partial charge is 0.178 e. The average molecular weight is 304 g/mol. The first-order valence-electron chi connectivity index (χ1n) is 6.63. The second kappa shape index (κ2) is 5.07. The molecule has 0 spiro atoms. The number of H-pyrrole nitrogens is 1. The Morgan fingerprint density at radius 2 is 1.90 bits per heavy atom. The largest absolute Gasteiger partial charge is 0.331 e. The Morgan fingerprint density at radius 3 is 2.62 bits per heavy atom. The number of aromatic amines is 1. The number of aromatic nitrogens is 2. The Morgan fingerprint density at radius 1 is 1.14 bits per heavy atom. The first-order chi connectivity index (χ1) is 9.97. The topological polar surface area (TPSA) is 20.7 Å². The monoisotopic (exact) mass is 304 g/mol. The van der Waals surface area contributed by atoms with Gasteiger partial charge in [0.05, 0.1) is 17.1 Å². The molecule has 5 heteroatoms. The summed E-state index contributed by atoms with van der Waals surface area (Å²) in [5.74, 6) is -0.579. The number of benzene rings is 2. The molecule has 0 aliphatic rings. The molecule has 1 aromatic heterocycles. The van der Waals surface area contributed by atoms with Gasteiger partial charge in [-0.3, -0.25) is 0 Å². The molecule has 0 saturated heterocycles. The summed E-state index contributed by atoms with van der Waals surface area (Å²) >= 11 is 5.32. The zero-order chi connectivity index (χ0) is 15.1. The van der Waals surface area contributed by atoms with Crippen molar-refractivity contribution in [2.45, 2.75) is 19.9 Å². The first-order valence-corrected chi connectivity index (χ1v) is 7.04. The molecule has 0 bridgehead atoms. The van der Waals surface area contributed by atoms with E-state index >= 15 is 0 Å². The van der Waals surface area contributed by atoms with Crippen molar-refractivity contribution in [2.75, 3.05) is 0 Å². The van der Waals surface area contributed by atoms with Crippen molar-refractivity contribution in [3.8, 4) is 0 Å². The van der Waals surface area contributed by atoms with Crippen LogP contribution in [0.2, 0.25) is 0 Å². The molecule has 0 amide bonds. The highest BCUT2D eigenvalue weighted by Gasteiger charge is 2.14. The van der Waals surface area contributed by atoms with E-state index in [-0.39, 0.29) is 17.7 Å². The molecular formula is C16H14F2N2S. The minimum atomic E-state index is -0.326. The second-order valence-corrected chi connectivity index (χ2v) is 5.53. The maximum atomic E-state index is 13.8. The fraction of sp³-hybridized carbons (Fsp3) is 0.188. The Hall–Kier alpha value is -2.01. The number of fused-ring (bicyclic) bond motifs is 1. The molecule has 1 N–H and O–H groups in total. The van der Waals surface area contributed by atoms with Crippen molar-refractivity contribution in [1.29, 1.82) is 0 Å². The van der Waals surface area contributed by atoms with Gasteiger partial charge < -0.3 is 9.55 Å². The number of imidazole rings is 1. The predicted molar refractivity (Wildman–Crippen MR) is 82.0 cm³/mol. The van der Waals surface area contributed by atoms with E-state index in [4.69, 9.17) is 12.2 Å². The van der Waals surface area contributed by atoms with Gasteiger partial charge in [0.1, 0.15) is 11.6 Å². The average Bonchev–Trinajstić information content (AvgIpc) is 2.76. The van der Waals surface area contributed by atoms with Crippen LogP contribution in [0.5, 0.6) is 0 Å².